The lowest BCUT2D eigenvalue weighted by Crippen LogP contribution is -2.17. The molecule has 0 amide bonds. The van der Waals surface area contributed by atoms with Crippen LogP contribution in [0.4, 0.5) is 0 Å². The third kappa shape index (κ3) is 2.54. The van der Waals surface area contributed by atoms with Crippen molar-refractivity contribution in [3.63, 3.8) is 0 Å². The summed E-state index contributed by atoms with van der Waals surface area (Å²) in [6.07, 6.45) is 0.922. The number of likely N-dealkylation sites (N-methyl/N-ethyl adjacent to an activating group) is 1. The highest BCUT2D eigenvalue weighted by Gasteiger charge is 2.16. The highest BCUT2D eigenvalue weighted by atomic mass is 35.5. The molecule has 0 bridgehead atoms. The van der Waals surface area contributed by atoms with Crippen LogP contribution in [-0.2, 0) is 6.42 Å². The van der Waals surface area contributed by atoms with E-state index in [2.05, 4.69) is 28.9 Å². The van der Waals surface area contributed by atoms with Gasteiger partial charge in [0.05, 0.1) is 11.1 Å². The number of hydrogen-bond donors (Lipinski definition) is 1. The van der Waals surface area contributed by atoms with Crippen LogP contribution in [0.5, 0.6) is 0 Å². The van der Waals surface area contributed by atoms with Crippen molar-refractivity contribution in [3.05, 3.63) is 57.4 Å². The molecule has 2 heterocycles. The van der Waals surface area contributed by atoms with Gasteiger partial charge in [0, 0.05) is 16.7 Å². The maximum absolute atomic E-state index is 6.15. The summed E-state index contributed by atoms with van der Waals surface area (Å²) < 4.78 is 5.91. The van der Waals surface area contributed by atoms with E-state index >= 15 is 0 Å². The van der Waals surface area contributed by atoms with Crippen LogP contribution < -0.4 is 5.32 Å². The third-order valence-electron chi connectivity index (χ3n) is 3.19. The Balaban J connectivity index is 1.95. The fourth-order valence-electron chi connectivity index (χ4n) is 2.19. The number of halogens is 1. The van der Waals surface area contributed by atoms with Gasteiger partial charge in [-0.1, -0.05) is 29.8 Å². The van der Waals surface area contributed by atoms with Crippen LogP contribution in [0.1, 0.15) is 16.7 Å². The number of fused-ring (bicyclic) bond motifs is 1. The topological polar surface area (TPSA) is 25.2 Å². The average molecular weight is 292 g/mol. The molecule has 0 spiro atoms. The number of thiophene rings is 1. The summed E-state index contributed by atoms with van der Waals surface area (Å²) in [6.45, 7) is 0. The molecule has 0 radical (unpaired) electrons. The first-order valence-corrected chi connectivity index (χ1v) is 7.41. The van der Waals surface area contributed by atoms with Gasteiger partial charge in [0.1, 0.15) is 5.76 Å². The van der Waals surface area contributed by atoms with Crippen molar-refractivity contribution in [2.45, 2.75) is 12.5 Å². The van der Waals surface area contributed by atoms with Gasteiger partial charge in [-0.05, 0) is 30.6 Å². The van der Waals surface area contributed by atoms with Gasteiger partial charge >= 0.3 is 0 Å². The van der Waals surface area contributed by atoms with E-state index in [0.29, 0.717) is 5.02 Å². The van der Waals surface area contributed by atoms with Crippen molar-refractivity contribution in [1.29, 1.82) is 0 Å². The molecule has 0 aliphatic carbocycles. The van der Waals surface area contributed by atoms with Crippen LogP contribution in [0.15, 0.2) is 46.2 Å². The minimum Gasteiger partial charge on any atom is -0.458 e. The number of nitrogens with one attached hydrogen (secondary N) is 1. The highest BCUT2D eigenvalue weighted by Crippen LogP contribution is 2.31. The molecule has 0 saturated carbocycles. The Bertz CT molecular complexity index is 675. The number of para-hydroxylation sites is 1. The van der Waals surface area contributed by atoms with E-state index in [-0.39, 0.29) is 6.04 Å². The molecule has 1 aromatic carbocycles. The fourth-order valence-corrected chi connectivity index (χ4v) is 3.17. The van der Waals surface area contributed by atoms with Gasteiger partial charge < -0.3 is 9.73 Å². The summed E-state index contributed by atoms with van der Waals surface area (Å²) in [5.41, 5.74) is 0.769. The van der Waals surface area contributed by atoms with Crippen molar-refractivity contribution in [1.82, 2.24) is 5.32 Å². The van der Waals surface area contributed by atoms with Gasteiger partial charge in [0.25, 0.3) is 0 Å². The monoisotopic (exact) mass is 291 g/mol. The van der Waals surface area contributed by atoms with E-state index in [9.17, 15) is 0 Å². The lowest BCUT2D eigenvalue weighted by atomic mass is 10.1. The Hall–Kier alpha value is -1.29. The largest absolute Gasteiger partial charge is 0.458 e. The number of furan rings is 1. The Morgan fingerprint density at radius 2 is 2.21 bits per heavy atom. The zero-order valence-corrected chi connectivity index (χ0v) is 12.1. The Labute approximate surface area is 121 Å². The molecule has 98 valence electrons. The number of benzene rings is 1. The van der Waals surface area contributed by atoms with Crippen LogP contribution >= 0.6 is 22.9 Å². The van der Waals surface area contributed by atoms with E-state index < -0.39 is 0 Å². The summed E-state index contributed by atoms with van der Waals surface area (Å²) in [6, 6.07) is 12.3. The van der Waals surface area contributed by atoms with E-state index in [1.807, 2.05) is 25.2 Å². The minimum absolute atomic E-state index is 0.169. The van der Waals surface area contributed by atoms with Gasteiger partial charge in [-0.2, -0.15) is 0 Å². The molecule has 2 nitrogen and oxygen atoms in total. The lowest BCUT2D eigenvalue weighted by Gasteiger charge is -2.11. The maximum atomic E-state index is 6.15. The zero-order valence-electron chi connectivity index (χ0n) is 10.5. The van der Waals surface area contributed by atoms with E-state index in [4.69, 9.17) is 16.0 Å². The molecule has 3 aromatic rings. The average Bonchev–Trinajstić information content (AvgIpc) is 3.05. The predicted molar refractivity (Wildman–Crippen MR) is 81.0 cm³/mol. The van der Waals surface area contributed by atoms with Crippen molar-refractivity contribution < 1.29 is 4.42 Å². The Morgan fingerprint density at radius 1 is 1.32 bits per heavy atom. The summed E-state index contributed by atoms with van der Waals surface area (Å²) in [5, 5.41) is 7.11. The van der Waals surface area contributed by atoms with Crippen molar-refractivity contribution >= 4 is 33.9 Å². The molecule has 1 unspecified atom stereocenters. The van der Waals surface area contributed by atoms with Crippen LogP contribution in [-0.4, -0.2) is 7.05 Å². The summed E-state index contributed by atoms with van der Waals surface area (Å²) >= 11 is 7.91. The first-order valence-electron chi connectivity index (χ1n) is 6.15. The van der Waals surface area contributed by atoms with E-state index in [1.165, 1.54) is 4.88 Å². The SMILES string of the molecule is CNC(Cc1cccs1)c1cc2cccc(Cl)c2o1. The quantitative estimate of drug-likeness (QED) is 0.757. The van der Waals surface area contributed by atoms with Gasteiger partial charge in [0.15, 0.2) is 5.58 Å². The molecule has 1 atom stereocenters. The molecule has 2 aromatic heterocycles. The van der Waals surface area contributed by atoms with Crippen molar-refractivity contribution in [2.75, 3.05) is 7.05 Å². The van der Waals surface area contributed by atoms with Crippen LogP contribution in [0.2, 0.25) is 5.02 Å². The second-order valence-corrected chi connectivity index (χ2v) is 5.87. The molecular weight excluding hydrogens is 278 g/mol. The second-order valence-electron chi connectivity index (χ2n) is 4.43. The smallest absolute Gasteiger partial charge is 0.152 e. The highest BCUT2D eigenvalue weighted by molar-refractivity contribution is 7.09. The third-order valence-corrected chi connectivity index (χ3v) is 4.39. The van der Waals surface area contributed by atoms with Gasteiger partial charge in [-0.3, -0.25) is 0 Å². The first-order chi connectivity index (χ1) is 9.28. The standard InChI is InChI=1S/C15H14ClNOS/c1-17-13(9-11-5-3-7-19-11)14-8-10-4-2-6-12(16)15(10)18-14/h2-8,13,17H,9H2,1H3. The molecule has 19 heavy (non-hydrogen) atoms. The molecule has 0 aliphatic heterocycles. The molecule has 0 fully saturated rings. The molecule has 0 saturated heterocycles. The molecular formula is C15H14ClNOS. The number of hydrogen-bond acceptors (Lipinski definition) is 3. The van der Waals surface area contributed by atoms with Crippen LogP contribution in [0, 0.1) is 0 Å². The van der Waals surface area contributed by atoms with Crippen LogP contribution in [0.25, 0.3) is 11.0 Å². The zero-order chi connectivity index (χ0) is 13.2. The summed E-state index contributed by atoms with van der Waals surface area (Å²) in [7, 11) is 1.95. The van der Waals surface area contributed by atoms with Gasteiger partial charge in [-0.15, -0.1) is 11.3 Å². The van der Waals surface area contributed by atoms with Crippen LogP contribution in [0.3, 0.4) is 0 Å². The fraction of sp³-hybridized carbons (Fsp3) is 0.200. The molecule has 3 rings (SSSR count). The minimum atomic E-state index is 0.169. The first kappa shape index (κ1) is 12.7. The normalized spacial score (nSPS) is 12.9. The Morgan fingerprint density at radius 3 is 2.89 bits per heavy atom. The lowest BCUT2D eigenvalue weighted by molar-refractivity contribution is 0.452. The summed E-state index contributed by atoms with van der Waals surface area (Å²) in [5.74, 6) is 0.930. The maximum Gasteiger partial charge on any atom is 0.152 e. The van der Waals surface area contributed by atoms with Crippen molar-refractivity contribution in [2.24, 2.45) is 0 Å². The van der Waals surface area contributed by atoms with E-state index in [0.717, 1.165) is 23.2 Å². The second kappa shape index (κ2) is 5.37. The molecule has 4 heteroatoms. The molecule has 0 aliphatic rings. The van der Waals surface area contributed by atoms with Gasteiger partial charge in [0.2, 0.25) is 0 Å². The Kier molecular flexibility index (Phi) is 3.60. The van der Waals surface area contributed by atoms with E-state index in [1.54, 1.807) is 11.3 Å². The summed E-state index contributed by atoms with van der Waals surface area (Å²) in [4.78, 5) is 1.34. The van der Waals surface area contributed by atoms with Crippen molar-refractivity contribution in [3.8, 4) is 0 Å². The number of rotatable bonds is 4. The van der Waals surface area contributed by atoms with Gasteiger partial charge in [-0.25, -0.2) is 0 Å². The molecule has 1 N–H and O–H groups in total. The predicted octanol–water partition coefficient (Wildman–Crippen LogP) is 4.65.